The Balaban J connectivity index is 1.86. The molecule has 0 fully saturated rings. The van der Waals surface area contributed by atoms with Gasteiger partial charge in [0.25, 0.3) is 0 Å². The molecule has 2 N–H and O–H groups in total. The molecule has 0 bridgehead atoms. The number of hydrogen-bond acceptors (Lipinski definition) is 4. The first kappa shape index (κ1) is 19.7. The molecule has 0 saturated heterocycles. The van der Waals surface area contributed by atoms with Gasteiger partial charge in [0.05, 0.1) is 11.8 Å². The molecule has 0 aliphatic rings. The Morgan fingerprint density at radius 1 is 0.962 bits per heavy atom. The lowest BCUT2D eigenvalue weighted by molar-refractivity contribution is -0.125. The Kier molecular flexibility index (Phi) is 7.41. The molecular formula is C20H22N2O3S. The second kappa shape index (κ2) is 9.77. The molecule has 0 saturated carbocycles. The number of Topliss-reactive ketones (excluding diaryl/α,β-unsaturated/α-hetero) is 1. The van der Waals surface area contributed by atoms with E-state index < -0.39 is 6.04 Å². The predicted octanol–water partition coefficient (Wildman–Crippen LogP) is 3.05. The number of carbonyl (C=O) groups excluding carboxylic acids is 3. The van der Waals surface area contributed by atoms with Crippen LogP contribution in [0.5, 0.6) is 0 Å². The van der Waals surface area contributed by atoms with Crippen molar-refractivity contribution in [3.63, 3.8) is 0 Å². The fourth-order valence-electron chi connectivity index (χ4n) is 2.37. The molecule has 0 spiro atoms. The fourth-order valence-corrected chi connectivity index (χ4v) is 3.08. The molecule has 0 aliphatic heterocycles. The molecule has 0 aliphatic carbocycles. The van der Waals surface area contributed by atoms with E-state index in [4.69, 9.17) is 0 Å². The van der Waals surface area contributed by atoms with E-state index in [2.05, 4.69) is 10.6 Å². The number of nitrogens with one attached hydrogen (secondary N) is 2. The zero-order chi connectivity index (χ0) is 18.9. The van der Waals surface area contributed by atoms with Gasteiger partial charge in [0.1, 0.15) is 0 Å². The first-order valence-corrected chi connectivity index (χ1v) is 9.27. The summed E-state index contributed by atoms with van der Waals surface area (Å²) < 4.78 is 0. The molecule has 0 heterocycles. The van der Waals surface area contributed by atoms with E-state index >= 15 is 0 Å². The Morgan fingerprint density at radius 2 is 1.62 bits per heavy atom. The van der Waals surface area contributed by atoms with E-state index in [1.54, 1.807) is 12.1 Å². The Hall–Kier alpha value is -2.60. The highest BCUT2D eigenvalue weighted by atomic mass is 32.2. The van der Waals surface area contributed by atoms with Crippen molar-refractivity contribution in [3.05, 3.63) is 60.2 Å². The first-order chi connectivity index (χ1) is 12.4. The summed E-state index contributed by atoms with van der Waals surface area (Å²) in [6.45, 7) is 2.94. The number of amides is 2. The van der Waals surface area contributed by atoms with E-state index in [-0.39, 0.29) is 23.4 Å². The van der Waals surface area contributed by atoms with E-state index in [0.717, 1.165) is 10.5 Å². The second-order valence-corrected chi connectivity index (χ2v) is 6.96. The van der Waals surface area contributed by atoms with Gasteiger partial charge in [-0.25, -0.2) is 0 Å². The van der Waals surface area contributed by atoms with Crippen LogP contribution in [0.25, 0.3) is 0 Å². The van der Waals surface area contributed by atoms with Gasteiger partial charge in [0.2, 0.25) is 11.8 Å². The number of hydrogen-bond donors (Lipinski definition) is 2. The third-order valence-corrected chi connectivity index (χ3v) is 4.67. The van der Waals surface area contributed by atoms with Crippen molar-refractivity contribution in [1.29, 1.82) is 0 Å². The smallest absolute Gasteiger partial charge is 0.230 e. The summed E-state index contributed by atoms with van der Waals surface area (Å²) in [5, 5.41) is 5.50. The van der Waals surface area contributed by atoms with Crippen LogP contribution in [-0.2, 0) is 20.8 Å². The van der Waals surface area contributed by atoms with Crippen molar-refractivity contribution in [2.75, 3.05) is 11.1 Å². The van der Waals surface area contributed by atoms with Crippen LogP contribution in [0.2, 0.25) is 0 Å². The van der Waals surface area contributed by atoms with E-state index in [0.29, 0.717) is 12.1 Å². The van der Waals surface area contributed by atoms with Crippen LogP contribution in [0.3, 0.4) is 0 Å². The number of carbonyl (C=O) groups is 3. The minimum absolute atomic E-state index is 0.0631. The maximum atomic E-state index is 12.2. The van der Waals surface area contributed by atoms with Gasteiger partial charge in [-0.2, -0.15) is 0 Å². The number of rotatable bonds is 8. The Morgan fingerprint density at radius 3 is 2.19 bits per heavy atom. The van der Waals surface area contributed by atoms with Crippen molar-refractivity contribution in [3.8, 4) is 0 Å². The van der Waals surface area contributed by atoms with Crippen molar-refractivity contribution in [2.45, 2.75) is 31.2 Å². The van der Waals surface area contributed by atoms with Crippen LogP contribution in [0.1, 0.15) is 19.4 Å². The SMILES string of the molecule is CC(=O)Nc1ccc(SCC(=O)N[C@H](Cc2ccccc2)C(C)=O)cc1. The summed E-state index contributed by atoms with van der Waals surface area (Å²) in [6, 6.07) is 16.4. The lowest BCUT2D eigenvalue weighted by atomic mass is 10.0. The maximum Gasteiger partial charge on any atom is 0.230 e. The van der Waals surface area contributed by atoms with E-state index in [1.807, 2.05) is 42.5 Å². The second-order valence-electron chi connectivity index (χ2n) is 5.91. The standard InChI is InChI=1S/C20H22N2O3S/c1-14(23)19(12-16-6-4-3-5-7-16)22-20(25)13-26-18-10-8-17(9-11-18)21-15(2)24/h3-11,19H,12-13H2,1-2H3,(H,21,24)(H,22,25)/t19-/m1/s1. The molecule has 136 valence electrons. The summed E-state index contributed by atoms with van der Waals surface area (Å²) in [7, 11) is 0. The molecule has 0 unspecified atom stereocenters. The monoisotopic (exact) mass is 370 g/mol. The summed E-state index contributed by atoms with van der Waals surface area (Å²) in [5.74, 6) is -0.152. The zero-order valence-corrected chi connectivity index (χ0v) is 15.6. The van der Waals surface area contributed by atoms with Gasteiger partial charge in [-0.05, 0) is 43.2 Å². The molecule has 26 heavy (non-hydrogen) atoms. The van der Waals surface area contributed by atoms with Crippen LogP contribution in [-0.4, -0.2) is 29.4 Å². The van der Waals surface area contributed by atoms with Crippen molar-refractivity contribution in [2.24, 2.45) is 0 Å². The highest BCUT2D eigenvalue weighted by Gasteiger charge is 2.17. The molecule has 1 atom stereocenters. The van der Waals surface area contributed by atoms with Gasteiger partial charge in [0.15, 0.2) is 5.78 Å². The highest BCUT2D eigenvalue weighted by molar-refractivity contribution is 8.00. The maximum absolute atomic E-state index is 12.2. The molecule has 0 aromatic heterocycles. The van der Waals surface area contributed by atoms with Crippen molar-refractivity contribution < 1.29 is 14.4 Å². The van der Waals surface area contributed by atoms with Crippen LogP contribution < -0.4 is 10.6 Å². The molecular weight excluding hydrogens is 348 g/mol. The van der Waals surface area contributed by atoms with E-state index in [9.17, 15) is 14.4 Å². The van der Waals surface area contributed by atoms with Gasteiger partial charge in [-0.15, -0.1) is 11.8 Å². The first-order valence-electron chi connectivity index (χ1n) is 8.28. The average Bonchev–Trinajstić information content (AvgIpc) is 2.61. The van der Waals surface area contributed by atoms with Gasteiger partial charge in [-0.3, -0.25) is 14.4 Å². The molecule has 2 aromatic carbocycles. The summed E-state index contributed by atoms with van der Waals surface area (Å²) in [5.41, 5.74) is 1.72. The number of ketones is 1. The summed E-state index contributed by atoms with van der Waals surface area (Å²) in [4.78, 5) is 35.9. The highest BCUT2D eigenvalue weighted by Crippen LogP contribution is 2.20. The zero-order valence-electron chi connectivity index (χ0n) is 14.8. The third-order valence-electron chi connectivity index (χ3n) is 3.65. The lowest BCUT2D eigenvalue weighted by Gasteiger charge is -2.16. The Bertz CT molecular complexity index is 760. The largest absolute Gasteiger partial charge is 0.345 e. The third kappa shape index (κ3) is 6.72. The van der Waals surface area contributed by atoms with E-state index in [1.165, 1.54) is 25.6 Å². The van der Waals surface area contributed by atoms with Crippen LogP contribution >= 0.6 is 11.8 Å². The van der Waals surface area contributed by atoms with Gasteiger partial charge >= 0.3 is 0 Å². The minimum Gasteiger partial charge on any atom is -0.345 e. The molecule has 0 radical (unpaired) electrons. The summed E-state index contributed by atoms with van der Waals surface area (Å²) >= 11 is 1.38. The van der Waals surface area contributed by atoms with Gasteiger partial charge in [-0.1, -0.05) is 30.3 Å². The number of benzene rings is 2. The fraction of sp³-hybridized carbons (Fsp3) is 0.250. The lowest BCUT2D eigenvalue weighted by Crippen LogP contribution is -2.42. The Labute approximate surface area is 157 Å². The molecule has 2 aromatic rings. The number of thioether (sulfide) groups is 1. The molecule has 2 amide bonds. The average molecular weight is 370 g/mol. The summed E-state index contributed by atoms with van der Waals surface area (Å²) in [6.07, 6.45) is 0.484. The van der Waals surface area contributed by atoms with Gasteiger partial charge < -0.3 is 10.6 Å². The van der Waals surface area contributed by atoms with Gasteiger partial charge in [0, 0.05) is 17.5 Å². The molecule has 2 rings (SSSR count). The van der Waals surface area contributed by atoms with Crippen molar-refractivity contribution in [1.82, 2.24) is 5.32 Å². The van der Waals surface area contributed by atoms with Crippen molar-refractivity contribution >= 4 is 35.0 Å². The molecule has 6 heteroatoms. The quantitative estimate of drug-likeness (QED) is 0.701. The predicted molar refractivity (Wildman–Crippen MR) is 104 cm³/mol. The topological polar surface area (TPSA) is 75.3 Å². The van der Waals surface area contributed by atoms with Crippen LogP contribution in [0.15, 0.2) is 59.5 Å². The van der Waals surface area contributed by atoms with Crippen LogP contribution in [0.4, 0.5) is 5.69 Å². The number of anilines is 1. The minimum atomic E-state index is -0.521. The van der Waals surface area contributed by atoms with Crippen LogP contribution in [0, 0.1) is 0 Å². The normalized spacial score (nSPS) is 11.5. The molecule has 5 nitrogen and oxygen atoms in total.